The fourth-order valence-electron chi connectivity index (χ4n) is 1.57. The Morgan fingerprint density at radius 2 is 2.00 bits per heavy atom. The first kappa shape index (κ1) is 12.2. The molecular weight excluding hydrogens is 238 g/mol. The van der Waals surface area contributed by atoms with E-state index in [9.17, 15) is 9.59 Å². The fourth-order valence-corrected chi connectivity index (χ4v) is 1.57. The van der Waals surface area contributed by atoms with Crippen LogP contribution in [0.4, 0.5) is 0 Å². The zero-order valence-corrected chi connectivity index (χ0v) is 10.0. The number of nitrogens with zero attached hydrogens (tertiary/aromatic N) is 1. The maximum atomic E-state index is 12.1. The number of aliphatic carboxylic acids is 1. The zero-order valence-electron chi connectivity index (χ0n) is 10.0. The van der Waals surface area contributed by atoms with Crippen LogP contribution in [0.3, 0.4) is 0 Å². The molecule has 1 aromatic carbocycles. The van der Waals surface area contributed by atoms with Crippen LogP contribution in [0.15, 0.2) is 18.2 Å². The van der Waals surface area contributed by atoms with Crippen molar-refractivity contribution in [3.8, 4) is 11.5 Å². The molecule has 1 heterocycles. The molecule has 1 amide bonds. The number of amides is 1. The molecule has 6 heteroatoms. The molecule has 96 valence electrons. The van der Waals surface area contributed by atoms with Gasteiger partial charge in [0.25, 0.3) is 5.91 Å². The van der Waals surface area contributed by atoms with Crippen molar-refractivity contribution < 1.29 is 24.2 Å². The highest BCUT2D eigenvalue weighted by Crippen LogP contribution is 2.32. The van der Waals surface area contributed by atoms with Crippen molar-refractivity contribution in [3.63, 3.8) is 0 Å². The Morgan fingerprint density at radius 1 is 1.33 bits per heavy atom. The highest BCUT2D eigenvalue weighted by atomic mass is 16.7. The van der Waals surface area contributed by atoms with E-state index in [1.54, 1.807) is 18.2 Å². The third kappa shape index (κ3) is 2.09. The average Bonchev–Trinajstić information content (AvgIpc) is 2.82. The van der Waals surface area contributed by atoms with Gasteiger partial charge in [-0.1, -0.05) is 0 Å². The Balaban J connectivity index is 2.21. The van der Waals surface area contributed by atoms with E-state index in [0.717, 1.165) is 0 Å². The highest BCUT2D eigenvalue weighted by molar-refractivity contribution is 5.97. The molecule has 18 heavy (non-hydrogen) atoms. The first-order valence-electron chi connectivity index (χ1n) is 5.40. The van der Waals surface area contributed by atoms with Crippen LogP contribution in [-0.4, -0.2) is 41.8 Å². The number of fused-ring (bicyclic) bond motifs is 1. The van der Waals surface area contributed by atoms with E-state index in [-0.39, 0.29) is 12.7 Å². The summed E-state index contributed by atoms with van der Waals surface area (Å²) >= 11 is 0. The molecular formula is C12H13NO5. The number of carboxylic acids is 1. The summed E-state index contributed by atoms with van der Waals surface area (Å²) in [6, 6.07) is 3.88. The Bertz CT molecular complexity index is 499. The van der Waals surface area contributed by atoms with Crippen molar-refractivity contribution in [2.45, 2.75) is 13.0 Å². The smallest absolute Gasteiger partial charge is 0.326 e. The summed E-state index contributed by atoms with van der Waals surface area (Å²) < 4.78 is 10.3. The number of carbonyl (C=O) groups is 2. The molecule has 6 nitrogen and oxygen atoms in total. The first-order valence-corrected chi connectivity index (χ1v) is 5.40. The predicted octanol–water partition coefficient (Wildman–Crippen LogP) is 0.960. The molecule has 0 saturated carbocycles. The van der Waals surface area contributed by atoms with Crippen molar-refractivity contribution in [2.75, 3.05) is 13.8 Å². The lowest BCUT2D eigenvalue weighted by molar-refractivity contribution is -0.141. The van der Waals surface area contributed by atoms with Crippen LogP contribution in [0.2, 0.25) is 0 Å². The summed E-state index contributed by atoms with van der Waals surface area (Å²) in [7, 11) is 1.45. The molecule has 1 N–H and O–H groups in total. The van der Waals surface area contributed by atoms with Gasteiger partial charge in [-0.25, -0.2) is 4.79 Å². The largest absolute Gasteiger partial charge is 0.480 e. The van der Waals surface area contributed by atoms with Crippen molar-refractivity contribution in [1.29, 1.82) is 0 Å². The van der Waals surface area contributed by atoms with E-state index >= 15 is 0 Å². The quantitative estimate of drug-likeness (QED) is 0.865. The molecule has 0 fully saturated rings. The van der Waals surface area contributed by atoms with Crippen molar-refractivity contribution >= 4 is 11.9 Å². The fraction of sp³-hybridized carbons (Fsp3) is 0.333. The second-order valence-corrected chi connectivity index (χ2v) is 4.00. The number of likely N-dealkylation sites (N-methyl/N-ethyl adjacent to an activating group) is 1. The van der Waals surface area contributed by atoms with Gasteiger partial charge in [-0.2, -0.15) is 0 Å². The van der Waals surface area contributed by atoms with Crippen molar-refractivity contribution in [1.82, 2.24) is 4.90 Å². The Labute approximate surface area is 104 Å². The van der Waals surface area contributed by atoms with E-state index in [2.05, 4.69) is 0 Å². The van der Waals surface area contributed by atoms with Gasteiger partial charge in [-0.15, -0.1) is 0 Å². The lowest BCUT2D eigenvalue weighted by Crippen LogP contribution is -2.40. The minimum atomic E-state index is -1.05. The van der Waals surface area contributed by atoms with Gasteiger partial charge in [0.1, 0.15) is 6.04 Å². The molecule has 0 aromatic heterocycles. The Kier molecular flexibility index (Phi) is 3.10. The molecule has 1 aliphatic heterocycles. The van der Waals surface area contributed by atoms with Gasteiger partial charge in [0.15, 0.2) is 11.5 Å². The van der Waals surface area contributed by atoms with E-state index < -0.39 is 12.0 Å². The normalized spacial score (nSPS) is 14.1. The van der Waals surface area contributed by atoms with Gasteiger partial charge < -0.3 is 19.5 Å². The maximum absolute atomic E-state index is 12.1. The van der Waals surface area contributed by atoms with Crippen LogP contribution in [0.5, 0.6) is 11.5 Å². The molecule has 0 aliphatic carbocycles. The summed E-state index contributed by atoms with van der Waals surface area (Å²) in [5.74, 6) is -0.340. The maximum Gasteiger partial charge on any atom is 0.326 e. The molecule has 0 spiro atoms. The third-order valence-electron chi connectivity index (χ3n) is 2.88. The van der Waals surface area contributed by atoms with Gasteiger partial charge in [0.2, 0.25) is 6.79 Å². The van der Waals surface area contributed by atoms with E-state index in [1.165, 1.54) is 18.9 Å². The molecule has 1 atom stereocenters. The lowest BCUT2D eigenvalue weighted by Gasteiger charge is -2.21. The third-order valence-corrected chi connectivity index (χ3v) is 2.88. The van der Waals surface area contributed by atoms with Crippen LogP contribution in [0.1, 0.15) is 17.3 Å². The van der Waals surface area contributed by atoms with Crippen LogP contribution >= 0.6 is 0 Å². The summed E-state index contributed by atoms with van der Waals surface area (Å²) in [5, 5.41) is 8.86. The number of rotatable bonds is 3. The van der Waals surface area contributed by atoms with E-state index in [1.807, 2.05) is 0 Å². The SMILES string of the molecule is C[C@@H](C(=O)O)N(C)C(=O)c1ccc2c(c1)OCO2. The first-order chi connectivity index (χ1) is 8.50. The molecule has 1 aromatic rings. The number of ether oxygens (including phenoxy) is 2. The molecule has 0 saturated heterocycles. The lowest BCUT2D eigenvalue weighted by atomic mass is 10.1. The standard InChI is InChI=1S/C12H13NO5/c1-7(12(15)16)13(2)11(14)8-3-4-9-10(5-8)18-6-17-9/h3-5,7H,6H2,1-2H3,(H,15,16)/t7-/m0/s1. The van der Waals surface area contributed by atoms with Gasteiger partial charge >= 0.3 is 5.97 Å². The van der Waals surface area contributed by atoms with Crippen LogP contribution in [0, 0.1) is 0 Å². The van der Waals surface area contributed by atoms with Crippen LogP contribution in [-0.2, 0) is 4.79 Å². The summed E-state index contributed by atoms with van der Waals surface area (Å²) in [4.78, 5) is 24.0. The van der Waals surface area contributed by atoms with Crippen molar-refractivity contribution in [3.05, 3.63) is 23.8 Å². The van der Waals surface area contributed by atoms with Crippen LogP contribution < -0.4 is 9.47 Å². The molecule has 0 radical (unpaired) electrons. The molecule has 1 aliphatic rings. The Hall–Kier alpha value is -2.24. The van der Waals surface area contributed by atoms with Crippen molar-refractivity contribution in [2.24, 2.45) is 0 Å². The van der Waals surface area contributed by atoms with Gasteiger partial charge in [0, 0.05) is 12.6 Å². The van der Waals surface area contributed by atoms with Gasteiger partial charge in [-0.05, 0) is 25.1 Å². The Morgan fingerprint density at radius 3 is 2.67 bits per heavy atom. The number of hydrogen-bond acceptors (Lipinski definition) is 4. The minimum Gasteiger partial charge on any atom is -0.480 e. The second kappa shape index (κ2) is 4.56. The predicted molar refractivity (Wildman–Crippen MR) is 61.8 cm³/mol. The van der Waals surface area contributed by atoms with Crippen LogP contribution in [0.25, 0.3) is 0 Å². The van der Waals surface area contributed by atoms with Gasteiger partial charge in [0.05, 0.1) is 0 Å². The summed E-state index contributed by atoms with van der Waals surface area (Å²) in [6.07, 6.45) is 0. The van der Waals surface area contributed by atoms with E-state index in [0.29, 0.717) is 17.1 Å². The minimum absolute atomic E-state index is 0.133. The topological polar surface area (TPSA) is 76.1 Å². The number of carbonyl (C=O) groups excluding carboxylic acids is 1. The van der Waals surface area contributed by atoms with Gasteiger partial charge in [-0.3, -0.25) is 4.79 Å². The summed E-state index contributed by atoms with van der Waals surface area (Å²) in [6.45, 7) is 1.58. The summed E-state index contributed by atoms with van der Waals surface area (Å²) in [5.41, 5.74) is 0.370. The van der Waals surface area contributed by atoms with E-state index in [4.69, 9.17) is 14.6 Å². The second-order valence-electron chi connectivity index (χ2n) is 4.00. The number of carboxylic acid groups (broad SMARTS) is 1. The molecule has 0 bridgehead atoms. The zero-order chi connectivity index (χ0) is 13.3. The monoisotopic (exact) mass is 251 g/mol. The molecule has 0 unspecified atom stereocenters. The number of benzene rings is 1. The average molecular weight is 251 g/mol. The highest BCUT2D eigenvalue weighted by Gasteiger charge is 2.24. The molecule has 2 rings (SSSR count). The number of hydrogen-bond donors (Lipinski definition) is 1.